The van der Waals surface area contributed by atoms with E-state index in [4.69, 9.17) is 4.74 Å². The Morgan fingerprint density at radius 3 is 1.05 bits per heavy atom. The summed E-state index contributed by atoms with van der Waals surface area (Å²) in [4.78, 5) is 11.8. The lowest BCUT2D eigenvalue weighted by molar-refractivity contribution is -0.137. The Morgan fingerprint density at radius 2 is 0.711 bits per heavy atom. The Labute approximate surface area is 240 Å². The molecule has 0 saturated carbocycles. The van der Waals surface area contributed by atoms with Crippen molar-refractivity contribution in [2.45, 2.75) is 206 Å². The number of ether oxygens (including phenoxy) is 1. The van der Waals surface area contributed by atoms with Crippen LogP contribution in [-0.4, -0.2) is 12.6 Å². The molecular formula is C36H70O2. The van der Waals surface area contributed by atoms with Crippen LogP contribution in [0.5, 0.6) is 0 Å². The van der Waals surface area contributed by atoms with Crippen molar-refractivity contribution in [3.63, 3.8) is 0 Å². The minimum absolute atomic E-state index is 0.152. The molecule has 0 aliphatic heterocycles. The second-order valence-corrected chi connectivity index (χ2v) is 11.9. The molecule has 0 rings (SSSR count). The van der Waals surface area contributed by atoms with Gasteiger partial charge in [0.05, 0.1) is 6.61 Å². The molecule has 2 heteroatoms. The van der Waals surface area contributed by atoms with Crippen molar-refractivity contribution in [1.82, 2.24) is 0 Å². The highest BCUT2D eigenvalue weighted by Crippen LogP contribution is 2.15. The van der Waals surface area contributed by atoms with Gasteiger partial charge in [-0.3, -0.25) is 0 Å². The van der Waals surface area contributed by atoms with Gasteiger partial charge in [-0.15, -0.1) is 0 Å². The van der Waals surface area contributed by atoms with Crippen LogP contribution in [0.2, 0.25) is 0 Å². The van der Waals surface area contributed by atoms with Crippen molar-refractivity contribution in [3.8, 4) is 0 Å². The molecule has 0 aliphatic rings. The molecule has 0 radical (unpaired) electrons. The predicted molar refractivity (Wildman–Crippen MR) is 170 cm³/mol. The Balaban J connectivity index is 3.21. The van der Waals surface area contributed by atoms with Gasteiger partial charge in [-0.2, -0.15) is 0 Å². The van der Waals surface area contributed by atoms with E-state index >= 15 is 0 Å². The molecule has 0 unspecified atom stereocenters. The summed E-state index contributed by atoms with van der Waals surface area (Å²) in [7, 11) is 0. The number of unbranched alkanes of at least 4 members (excludes halogenated alkanes) is 28. The second kappa shape index (κ2) is 34.2. The Kier molecular flexibility index (Phi) is 33.5. The van der Waals surface area contributed by atoms with Crippen LogP contribution >= 0.6 is 0 Å². The molecule has 0 spiro atoms. The maximum absolute atomic E-state index is 11.8. The van der Waals surface area contributed by atoms with E-state index in [9.17, 15) is 4.79 Å². The summed E-state index contributed by atoms with van der Waals surface area (Å²) in [5, 5.41) is 0. The summed E-state index contributed by atoms with van der Waals surface area (Å²) in [6, 6.07) is 0. The van der Waals surface area contributed by atoms with E-state index in [1.807, 2.05) is 6.08 Å². The summed E-state index contributed by atoms with van der Waals surface area (Å²) in [6.07, 6.45) is 44.5. The molecule has 0 N–H and O–H groups in total. The quantitative estimate of drug-likeness (QED) is 0.0487. The van der Waals surface area contributed by atoms with Crippen molar-refractivity contribution >= 4 is 5.97 Å². The molecule has 0 heterocycles. The summed E-state index contributed by atoms with van der Waals surface area (Å²) >= 11 is 0. The minimum atomic E-state index is -0.152. The van der Waals surface area contributed by atoms with Crippen LogP contribution in [0.1, 0.15) is 206 Å². The van der Waals surface area contributed by atoms with Gasteiger partial charge in [0.2, 0.25) is 0 Å². The molecule has 0 atom stereocenters. The van der Waals surface area contributed by atoms with Crippen LogP contribution in [0.15, 0.2) is 12.2 Å². The third kappa shape index (κ3) is 33.2. The Bertz CT molecular complexity index is 470. The Morgan fingerprint density at radius 1 is 0.421 bits per heavy atom. The van der Waals surface area contributed by atoms with E-state index in [0.717, 1.165) is 12.8 Å². The van der Waals surface area contributed by atoms with Gasteiger partial charge in [0.25, 0.3) is 0 Å². The van der Waals surface area contributed by atoms with Crippen LogP contribution in [0.3, 0.4) is 0 Å². The number of rotatable bonds is 32. The fourth-order valence-corrected chi connectivity index (χ4v) is 5.33. The average molecular weight is 535 g/mol. The first kappa shape index (κ1) is 37.2. The number of hydrogen-bond acceptors (Lipinski definition) is 2. The molecule has 0 saturated heterocycles. The highest BCUT2D eigenvalue weighted by Gasteiger charge is 1.98. The molecule has 226 valence electrons. The van der Waals surface area contributed by atoms with Crippen LogP contribution in [0.25, 0.3) is 0 Å². The van der Waals surface area contributed by atoms with Gasteiger partial charge < -0.3 is 4.74 Å². The van der Waals surface area contributed by atoms with Gasteiger partial charge in [-0.25, -0.2) is 4.79 Å². The van der Waals surface area contributed by atoms with E-state index in [1.165, 1.54) is 180 Å². The molecule has 2 nitrogen and oxygen atoms in total. The fourth-order valence-electron chi connectivity index (χ4n) is 5.33. The topological polar surface area (TPSA) is 26.3 Å². The summed E-state index contributed by atoms with van der Waals surface area (Å²) in [6.45, 7) is 5.16. The lowest BCUT2D eigenvalue weighted by Crippen LogP contribution is -2.02. The monoisotopic (exact) mass is 535 g/mol. The first-order valence-electron chi connectivity index (χ1n) is 17.6. The number of carbonyl (C=O) groups is 1. The highest BCUT2D eigenvalue weighted by molar-refractivity contribution is 5.81. The first-order chi connectivity index (χ1) is 18.8. The van der Waals surface area contributed by atoms with Gasteiger partial charge >= 0.3 is 5.97 Å². The molecule has 0 aromatic rings. The maximum atomic E-state index is 11.8. The third-order valence-electron chi connectivity index (χ3n) is 7.97. The Hall–Kier alpha value is -0.790. The molecule has 0 fully saturated rings. The lowest BCUT2D eigenvalue weighted by Gasteiger charge is -2.04. The minimum Gasteiger partial charge on any atom is -0.463 e. The predicted octanol–water partition coefficient (Wildman–Crippen LogP) is 12.8. The summed E-state index contributed by atoms with van der Waals surface area (Å²) < 4.78 is 5.35. The van der Waals surface area contributed by atoms with Gasteiger partial charge in [-0.05, 0) is 19.3 Å². The van der Waals surface area contributed by atoms with Crippen LogP contribution in [-0.2, 0) is 9.53 Å². The van der Waals surface area contributed by atoms with Crippen LogP contribution in [0.4, 0.5) is 0 Å². The van der Waals surface area contributed by atoms with E-state index < -0.39 is 0 Å². The zero-order valence-corrected chi connectivity index (χ0v) is 26.4. The average Bonchev–Trinajstić information content (AvgIpc) is 2.92. The zero-order valence-electron chi connectivity index (χ0n) is 26.4. The molecular weight excluding hydrogens is 464 g/mol. The maximum Gasteiger partial charge on any atom is 0.330 e. The second-order valence-electron chi connectivity index (χ2n) is 11.9. The normalized spacial score (nSPS) is 11.5. The molecule has 0 amide bonds. The van der Waals surface area contributed by atoms with Crippen molar-refractivity contribution < 1.29 is 9.53 Å². The summed E-state index contributed by atoms with van der Waals surface area (Å²) in [5.41, 5.74) is 0. The SMILES string of the molecule is CCCCCCCCCCCCCCCCCC=CC(=O)OCCCCCCCCCCCCCCCC. The van der Waals surface area contributed by atoms with E-state index in [0.29, 0.717) is 6.61 Å². The molecule has 38 heavy (non-hydrogen) atoms. The van der Waals surface area contributed by atoms with E-state index in [-0.39, 0.29) is 5.97 Å². The van der Waals surface area contributed by atoms with E-state index in [2.05, 4.69) is 13.8 Å². The van der Waals surface area contributed by atoms with Crippen molar-refractivity contribution in [1.29, 1.82) is 0 Å². The highest BCUT2D eigenvalue weighted by atomic mass is 16.5. The van der Waals surface area contributed by atoms with Crippen molar-refractivity contribution in [3.05, 3.63) is 12.2 Å². The standard InChI is InChI=1S/C36H70O2/c1-3-5-7-9-11-13-15-17-19-20-21-22-24-26-28-30-32-34-36(37)38-35-33-31-29-27-25-23-18-16-14-12-10-8-6-4-2/h32,34H,3-31,33,35H2,1-2H3. The molecule has 0 aromatic heterocycles. The summed E-state index contributed by atoms with van der Waals surface area (Å²) in [5.74, 6) is -0.152. The number of allylic oxidation sites excluding steroid dienone is 1. The molecule has 0 bridgehead atoms. The first-order valence-corrected chi connectivity index (χ1v) is 17.6. The van der Waals surface area contributed by atoms with Gasteiger partial charge in [0.1, 0.15) is 0 Å². The molecule has 0 aliphatic carbocycles. The number of esters is 1. The van der Waals surface area contributed by atoms with Gasteiger partial charge in [0, 0.05) is 6.08 Å². The zero-order chi connectivity index (χ0) is 27.6. The largest absolute Gasteiger partial charge is 0.463 e. The van der Waals surface area contributed by atoms with Crippen LogP contribution < -0.4 is 0 Å². The number of carbonyl (C=O) groups excluding carboxylic acids is 1. The fraction of sp³-hybridized carbons (Fsp3) is 0.917. The lowest BCUT2D eigenvalue weighted by atomic mass is 10.0. The van der Waals surface area contributed by atoms with Crippen molar-refractivity contribution in [2.75, 3.05) is 6.61 Å². The molecule has 0 aromatic carbocycles. The number of hydrogen-bond donors (Lipinski definition) is 0. The van der Waals surface area contributed by atoms with E-state index in [1.54, 1.807) is 6.08 Å². The van der Waals surface area contributed by atoms with Crippen molar-refractivity contribution in [2.24, 2.45) is 0 Å². The smallest absolute Gasteiger partial charge is 0.330 e. The van der Waals surface area contributed by atoms with Crippen LogP contribution in [0, 0.1) is 0 Å². The van der Waals surface area contributed by atoms with Gasteiger partial charge in [-0.1, -0.05) is 193 Å². The third-order valence-corrected chi connectivity index (χ3v) is 7.97. The van der Waals surface area contributed by atoms with Gasteiger partial charge in [0.15, 0.2) is 0 Å².